The van der Waals surface area contributed by atoms with Crippen molar-refractivity contribution < 1.29 is 15.0 Å². The second-order valence-electron chi connectivity index (χ2n) is 5.41. The number of carboxylic acids is 1. The highest BCUT2D eigenvalue weighted by Gasteiger charge is 1.95. The van der Waals surface area contributed by atoms with Gasteiger partial charge >= 0.3 is 0 Å². The van der Waals surface area contributed by atoms with E-state index >= 15 is 0 Å². The van der Waals surface area contributed by atoms with E-state index in [1.165, 1.54) is 56.9 Å². The highest BCUT2D eigenvalue weighted by atomic mass is 16.4. The van der Waals surface area contributed by atoms with Crippen LogP contribution in [0, 0.1) is 0 Å². The zero-order chi connectivity index (χ0) is 15.9. The molecule has 1 rings (SSSR count). The van der Waals surface area contributed by atoms with Gasteiger partial charge in [0.2, 0.25) is 0 Å². The van der Waals surface area contributed by atoms with Crippen LogP contribution < -0.4 is 0 Å². The van der Waals surface area contributed by atoms with Crippen LogP contribution in [0.3, 0.4) is 0 Å². The molecular weight excluding hydrogens is 264 g/mol. The minimum absolute atomic E-state index is 0.365. The second kappa shape index (κ2) is 13.5. The average molecular weight is 294 g/mol. The van der Waals surface area contributed by atoms with Gasteiger partial charge in [0.05, 0.1) is 0 Å². The highest BCUT2D eigenvalue weighted by molar-refractivity contribution is 5.62. The average Bonchev–Trinajstić information content (AvgIpc) is 2.43. The van der Waals surface area contributed by atoms with E-state index in [2.05, 4.69) is 6.92 Å². The molecule has 3 heteroatoms. The van der Waals surface area contributed by atoms with Crippen LogP contribution in [0.2, 0.25) is 0 Å². The van der Waals surface area contributed by atoms with E-state index in [1.54, 1.807) is 12.1 Å². The first-order valence-electron chi connectivity index (χ1n) is 8.03. The first kappa shape index (κ1) is 19.5. The largest absolute Gasteiger partial charge is 0.508 e. The summed E-state index contributed by atoms with van der Waals surface area (Å²) < 4.78 is 0. The quantitative estimate of drug-likeness (QED) is 0.618. The minimum Gasteiger partial charge on any atom is -0.508 e. The SMILES string of the molecule is CC(=O)O.CCCCCCCCCCc1ccc(O)cc1. The molecule has 0 aliphatic rings. The molecule has 0 aliphatic carbocycles. The topological polar surface area (TPSA) is 57.5 Å². The van der Waals surface area contributed by atoms with E-state index in [0.717, 1.165) is 13.3 Å². The Hall–Kier alpha value is -1.51. The van der Waals surface area contributed by atoms with Gasteiger partial charge in [-0.15, -0.1) is 0 Å². The number of phenolic OH excluding ortho intramolecular Hbond substituents is 1. The lowest BCUT2D eigenvalue weighted by molar-refractivity contribution is -0.134. The molecule has 21 heavy (non-hydrogen) atoms. The van der Waals surface area contributed by atoms with Gasteiger partial charge in [-0.3, -0.25) is 4.79 Å². The number of carbonyl (C=O) groups is 1. The van der Waals surface area contributed by atoms with E-state index < -0.39 is 5.97 Å². The Balaban J connectivity index is 0.000000885. The lowest BCUT2D eigenvalue weighted by atomic mass is 10.0. The summed E-state index contributed by atoms with van der Waals surface area (Å²) in [6, 6.07) is 7.60. The van der Waals surface area contributed by atoms with Crippen LogP contribution in [0.25, 0.3) is 0 Å². The molecule has 0 saturated carbocycles. The fraction of sp³-hybridized carbons (Fsp3) is 0.611. The standard InChI is InChI=1S/C16H26O.C2H4O2/c1-2-3-4-5-6-7-8-9-10-15-11-13-16(17)14-12-15;1-2(3)4/h11-14,17H,2-10H2,1H3;1H3,(H,3,4). The van der Waals surface area contributed by atoms with Crippen molar-refractivity contribution in [3.8, 4) is 5.75 Å². The molecule has 1 aromatic rings. The van der Waals surface area contributed by atoms with Gasteiger partial charge in [-0.05, 0) is 30.5 Å². The summed E-state index contributed by atoms with van der Waals surface area (Å²) in [6.45, 7) is 3.34. The minimum atomic E-state index is -0.833. The number of aromatic hydroxyl groups is 1. The molecule has 0 aromatic heterocycles. The summed E-state index contributed by atoms with van der Waals surface area (Å²) in [5.41, 5.74) is 1.34. The molecule has 0 heterocycles. The van der Waals surface area contributed by atoms with Crippen LogP contribution >= 0.6 is 0 Å². The number of unbranched alkanes of at least 4 members (excludes halogenated alkanes) is 7. The van der Waals surface area contributed by atoms with Crippen molar-refractivity contribution in [3.05, 3.63) is 29.8 Å². The fourth-order valence-electron chi connectivity index (χ4n) is 2.13. The molecule has 3 nitrogen and oxygen atoms in total. The Labute approximate surface area is 129 Å². The van der Waals surface area contributed by atoms with Crippen LogP contribution in [-0.4, -0.2) is 16.2 Å². The number of benzene rings is 1. The summed E-state index contributed by atoms with van der Waals surface area (Å²) in [4.78, 5) is 9.00. The normalized spacial score (nSPS) is 9.81. The number of aryl methyl sites for hydroxylation is 1. The Morgan fingerprint density at radius 3 is 1.81 bits per heavy atom. The Morgan fingerprint density at radius 2 is 1.33 bits per heavy atom. The van der Waals surface area contributed by atoms with Crippen LogP contribution in [-0.2, 0) is 11.2 Å². The van der Waals surface area contributed by atoms with Gasteiger partial charge < -0.3 is 10.2 Å². The Bertz CT molecular complexity index is 353. The van der Waals surface area contributed by atoms with Crippen molar-refractivity contribution in [2.45, 2.75) is 71.6 Å². The molecular formula is C18H30O3. The van der Waals surface area contributed by atoms with E-state index in [4.69, 9.17) is 15.0 Å². The molecule has 0 radical (unpaired) electrons. The van der Waals surface area contributed by atoms with Crippen molar-refractivity contribution in [1.82, 2.24) is 0 Å². The third-order valence-corrected chi connectivity index (χ3v) is 3.26. The zero-order valence-electron chi connectivity index (χ0n) is 13.5. The lowest BCUT2D eigenvalue weighted by Gasteiger charge is -2.02. The number of hydrogen-bond donors (Lipinski definition) is 2. The summed E-state index contributed by atoms with van der Waals surface area (Å²) >= 11 is 0. The molecule has 1 aromatic carbocycles. The van der Waals surface area contributed by atoms with Gasteiger partial charge in [-0.25, -0.2) is 0 Å². The predicted octanol–water partition coefficient (Wildman–Crippen LogP) is 5.17. The summed E-state index contributed by atoms with van der Waals surface area (Å²) in [6.07, 6.45) is 12.1. The maximum Gasteiger partial charge on any atom is 0.300 e. The van der Waals surface area contributed by atoms with Crippen molar-refractivity contribution in [3.63, 3.8) is 0 Å². The van der Waals surface area contributed by atoms with Crippen molar-refractivity contribution in [1.29, 1.82) is 0 Å². The van der Waals surface area contributed by atoms with Gasteiger partial charge in [-0.1, -0.05) is 64.0 Å². The summed E-state index contributed by atoms with van der Waals surface area (Å²) in [7, 11) is 0. The summed E-state index contributed by atoms with van der Waals surface area (Å²) in [5.74, 6) is -0.468. The number of carboxylic acid groups (broad SMARTS) is 1. The molecule has 0 saturated heterocycles. The molecule has 0 bridgehead atoms. The first-order valence-corrected chi connectivity index (χ1v) is 8.03. The monoisotopic (exact) mass is 294 g/mol. The number of hydrogen-bond acceptors (Lipinski definition) is 2. The molecule has 0 amide bonds. The van der Waals surface area contributed by atoms with Gasteiger partial charge in [-0.2, -0.15) is 0 Å². The Morgan fingerprint density at radius 1 is 0.905 bits per heavy atom. The van der Waals surface area contributed by atoms with Crippen LogP contribution in [0.1, 0.15) is 70.8 Å². The molecule has 0 unspecified atom stereocenters. The molecule has 2 N–H and O–H groups in total. The third kappa shape index (κ3) is 14.7. The van der Waals surface area contributed by atoms with Gasteiger partial charge in [0.15, 0.2) is 0 Å². The number of phenols is 1. The lowest BCUT2D eigenvalue weighted by Crippen LogP contribution is -1.86. The second-order valence-corrected chi connectivity index (χ2v) is 5.41. The molecule has 0 aliphatic heterocycles. The van der Waals surface area contributed by atoms with E-state index in [0.29, 0.717) is 5.75 Å². The molecule has 120 valence electrons. The van der Waals surface area contributed by atoms with Crippen LogP contribution in [0.15, 0.2) is 24.3 Å². The predicted molar refractivity (Wildman–Crippen MR) is 87.7 cm³/mol. The Kier molecular flexibility index (Phi) is 12.5. The van der Waals surface area contributed by atoms with Crippen molar-refractivity contribution in [2.24, 2.45) is 0 Å². The van der Waals surface area contributed by atoms with Gasteiger partial charge in [0.25, 0.3) is 5.97 Å². The molecule has 0 spiro atoms. The number of aliphatic carboxylic acids is 1. The van der Waals surface area contributed by atoms with E-state index in [9.17, 15) is 0 Å². The molecule has 0 fully saturated rings. The number of rotatable bonds is 9. The van der Waals surface area contributed by atoms with E-state index in [1.807, 2.05) is 12.1 Å². The zero-order valence-corrected chi connectivity index (χ0v) is 13.5. The maximum absolute atomic E-state index is 9.17. The van der Waals surface area contributed by atoms with Crippen molar-refractivity contribution in [2.75, 3.05) is 0 Å². The van der Waals surface area contributed by atoms with E-state index in [-0.39, 0.29) is 0 Å². The highest BCUT2D eigenvalue weighted by Crippen LogP contribution is 2.14. The van der Waals surface area contributed by atoms with Gasteiger partial charge in [0, 0.05) is 6.92 Å². The summed E-state index contributed by atoms with van der Waals surface area (Å²) in [5, 5.41) is 16.6. The maximum atomic E-state index is 9.17. The smallest absolute Gasteiger partial charge is 0.300 e. The van der Waals surface area contributed by atoms with Crippen LogP contribution in [0.5, 0.6) is 5.75 Å². The van der Waals surface area contributed by atoms with Crippen LogP contribution in [0.4, 0.5) is 0 Å². The molecule has 0 atom stereocenters. The first-order chi connectivity index (χ1) is 10.1. The third-order valence-electron chi connectivity index (χ3n) is 3.26. The van der Waals surface area contributed by atoms with Gasteiger partial charge in [0.1, 0.15) is 5.75 Å². The fourth-order valence-corrected chi connectivity index (χ4v) is 2.13. The van der Waals surface area contributed by atoms with Crippen molar-refractivity contribution >= 4 is 5.97 Å².